The maximum atomic E-state index is 11.1. The van der Waals surface area contributed by atoms with Crippen LogP contribution in [0, 0.1) is 0 Å². The normalized spacial score (nSPS) is 19.4. The van der Waals surface area contributed by atoms with E-state index in [1.165, 1.54) is 0 Å². The van der Waals surface area contributed by atoms with Crippen LogP contribution in [0.1, 0.15) is 29.9 Å². The van der Waals surface area contributed by atoms with E-state index in [0.717, 1.165) is 36.1 Å². The molecule has 3 heteroatoms. The number of carboxylic acids is 1. The third kappa shape index (κ3) is 1.69. The van der Waals surface area contributed by atoms with Crippen molar-refractivity contribution in [1.82, 2.24) is 0 Å². The highest BCUT2D eigenvalue weighted by Crippen LogP contribution is 2.36. The van der Waals surface area contributed by atoms with Crippen molar-refractivity contribution in [3.63, 3.8) is 0 Å². The maximum absolute atomic E-state index is 11.1. The average Bonchev–Trinajstić information content (AvgIpc) is 2.27. The molecule has 0 saturated carbocycles. The number of ether oxygens (including phenoxy) is 1. The number of rotatable bonds is 2. The summed E-state index contributed by atoms with van der Waals surface area (Å²) in [5, 5.41) is 9.11. The Bertz CT molecular complexity index is 384. The molecule has 0 radical (unpaired) electrons. The van der Waals surface area contributed by atoms with Crippen molar-refractivity contribution in [2.75, 3.05) is 7.11 Å². The number of hydrogen-bond donors (Lipinski definition) is 1. The van der Waals surface area contributed by atoms with E-state index in [-0.39, 0.29) is 5.92 Å². The molecule has 15 heavy (non-hydrogen) atoms. The van der Waals surface area contributed by atoms with E-state index in [4.69, 9.17) is 9.84 Å². The van der Waals surface area contributed by atoms with Crippen LogP contribution in [-0.2, 0) is 11.2 Å². The van der Waals surface area contributed by atoms with Crippen LogP contribution in [-0.4, -0.2) is 18.2 Å². The second-order valence-corrected chi connectivity index (χ2v) is 3.81. The Morgan fingerprint density at radius 3 is 3.00 bits per heavy atom. The smallest absolute Gasteiger partial charge is 0.310 e. The summed E-state index contributed by atoms with van der Waals surface area (Å²) >= 11 is 0. The van der Waals surface area contributed by atoms with Crippen molar-refractivity contribution in [2.24, 2.45) is 0 Å². The molecule has 1 aliphatic carbocycles. The first-order valence-corrected chi connectivity index (χ1v) is 5.12. The first-order valence-electron chi connectivity index (χ1n) is 5.12. The number of hydrogen-bond acceptors (Lipinski definition) is 2. The third-order valence-electron chi connectivity index (χ3n) is 2.98. The Morgan fingerprint density at radius 2 is 2.33 bits per heavy atom. The lowest BCUT2D eigenvalue weighted by Gasteiger charge is -2.23. The fourth-order valence-corrected chi connectivity index (χ4v) is 2.26. The van der Waals surface area contributed by atoms with Crippen molar-refractivity contribution >= 4 is 5.97 Å². The molecule has 1 unspecified atom stereocenters. The molecule has 0 saturated heterocycles. The summed E-state index contributed by atoms with van der Waals surface area (Å²) in [6.07, 6.45) is 2.57. The fraction of sp³-hybridized carbons (Fsp3) is 0.417. The number of methoxy groups -OCH3 is 1. The molecule has 0 bridgehead atoms. The Kier molecular flexibility index (Phi) is 2.62. The summed E-state index contributed by atoms with van der Waals surface area (Å²) < 4.78 is 5.25. The largest absolute Gasteiger partial charge is 0.496 e. The van der Waals surface area contributed by atoms with Crippen molar-refractivity contribution < 1.29 is 14.6 Å². The highest BCUT2D eigenvalue weighted by atomic mass is 16.5. The van der Waals surface area contributed by atoms with Gasteiger partial charge in [-0.3, -0.25) is 4.79 Å². The van der Waals surface area contributed by atoms with Gasteiger partial charge in [0, 0.05) is 0 Å². The van der Waals surface area contributed by atoms with E-state index in [9.17, 15) is 4.79 Å². The van der Waals surface area contributed by atoms with E-state index >= 15 is 0 Å². The van der Waals surface area contributed by atoms with Gasteiger partial charge in [-0.15, -0.1) is 0 Å². The third-order valence-corrected chi connectivity index (χ3v) is 2.98. The zero-order valence-electron chi connectivity index (χ0n) is 8.69. The summed E-state index contributed by atoms with van der Waals surface area (Å²) in [5.41, 5.74) is 1.99. The number of carboxylic acid groups (broad SMARTS) is 1. The second-order valence-electron chi connectivity index (χ2n) is 3.81. The molecule has 0 aliphatic heterocycles. The average molecular weight is 206 g/mol. The zero-order chi connectivity index (χ0) is 10.8. The predicted octanol–water partition coefficient (Wildman–Crippen LogP) is 2.20. The van der Waals surface area contributed by atoms with Crippen molar-refractivity contribution in [3.8, 4) is 5.75 Å². The molecule has 1 aliphatic rings. The standard InChI is InChI=1S/C12H14O3/c1-15-11-7-3-4-8-9(11)5-2-6-10(8)12(13)14/h3-4,7,10H,2,5-6H2,1H3,(H,13,14). The number of carbonyl (C=O) groups is 1. The van der Waals surface area contributed by atoms with Gasteiger partial charge < -0.3 is 9.84 Å². The van der Waals surface area contributed by atoms with E-state index in [1.807, 2.05) is 18.2 Å². The van der Waals surface area contributed by atoms with Crippen molar-refractivity contribution in [1.29, 1.82) is 0 Å². The molecule has 0 fully saturated rings. The van der Waals surface area contributed by atoms with Crippen molar-refractivity contribution in [2.45, 2.75) is 25.2 Å². The molecule has 1 atom stereocenters. The second kappa shape index (κ2) is 3.93. The van der Waals surface area contributed by atoms with Crippen LogP contribution < -0.4 is 4.74 Å². The van der Waals surface area contributed by atoms with Gasteiger partial charge in [0.25, 0.3) is 0 Å². The van der Waals surface area contributed by atoms with Gasteiger partial charge in [-0.05, 0) is 36.5 Å². The van der Waals surface area contributed by atoms with Gasteiger partial charge in [-0.2, -0.15) is 0 Å². The van der Waals surface area contributed by atoms with Crippen molar-refractivity contribution in [3.05, 3.63) is 29.3 Å². The number of benzene rings is 1. The van der Waals surface area contributed by atoms with Gasteiger partial charge in [-0.25, -0.2) is 0 Å². The van der Waals surface area contributed by atoms with Gasteiger partial charge in [0.2, 0.25) is 0 Å². The summed E-state index contributed by atoms with van der Waals surface area (Å²) in [5.74, 6) is -0.272. The molecule has 0 spiro atoms. The number of fused-ring (bicyclic) bond motifs is 1. The predicted molar refractivity (Wildman–Crippen MR) is 56.3 cm³/mol. The lowest BCUT2D eigenvalue weighted by atomic mass is 9.82. The monoisotopic (exact) mass is 206 g/mol. The zero-order valence-corrected chi connectivity index (χ0v) is 8.69. The molecule has 0 heterocycles. The maximum Gasteiger partial charge on any atom is 0.310 e. The lowest BCUT2D eigenvalue weighted by Crippen LogP contribution is -2.18. The summed E-state index contributed by atoms with van der Waals surface area (Å²) in [7, 11) is 1.62. The molecular weight excluding hydrogens is 192 g/mol. The molecule has 0 aromatic heterocycles. The fourth-order valence-electron chi connectivity index (χ4n) is 2.26. The van der Waals surface area contributed by atoms with Crippen LogP contribution in [0.2, 0.25) is 0 Å². The molecule has 0 amide bonds. The molecule has 2 rings (SSSR count). The minimum Gasteiger partial charge on any atom is -0.496 e. The quantitative estimate of drug-likeness (QED) is 0.806. The van der Waals surface area contributed by atoms with Crippen LogP contribution in [0.25, 0.3) is 0 Å². The van der Waals surface area contributed by atoms with E-state index in [1.54, 1.807) is 7.11 Å². The molecule has 1 aromatic carbocycles. The molecular formula is C12H14O3. The molecule has 80 valence electrons. The highest BCUT2D eigenvalue weighted by molar-refractivity contribution is 5.77. The summed E-state index contributed by atoms with van der Waals surface area (Å²) in [6.45, 7) is 0. The van der Waals surface area contributed by atoms with Gasteiger partial charge >= 0.3 is 5.97 Å². The van der Waals surface area contributed by atoms with E-state index < -0.39 is 5.97 Å². The number of aliphatic carboxylic acids is 1. The van der Waals surface area contributed by atoms with Gasteiger partial charge in [-0.1, -0.05) is 12.1 Å². The van der Waals surface area contributed by atoms with Crippen LogP contribution in [0.5, 0.6) is 5.75 Å². The topological polar surface area (TPSA) is 46.5 Å². The highest BCUT2D eigenvalue weighted by Gasteiger charge is 2.27. The van der Waals surface area contributed by atoms with Crippen LogP contribution in [0.4, 0.5) is 0 Å². The van der Waals surface area contributed by atoms with Crippen LogP contribution in [0.3, 0.4) is 0 Å². The summed E-state index contributed by atoms with van der Waals surface area (Å²) in [4.78, 5) is 11.1. The minimum atomic E-state index is -0.732. The molecule has 1 N–H and O–H groups in total. The minimum absolute atomic E-state index is 0.358. The Balaban J connectivity index is 2.48. The Hall–Kier alpha value is -1.51. The van der Waals surface area contributed by atoms with E-state index in [0.29, 0.717) is 0 Å². The molecule has 3 nitrogen and oxygen atoms in total. The van der Waals surface area contributed by atoms with Gasteiger partial charge in [0.1, 0.15) is 5.75 Å². The Morgan fingerprint density at radius 1 is 1.53 bits per heavy atom. The first-order chi connectivity index (χ1) is 7.24. The molecule has 1 aromatic rings. The SMILES string of the molecule is COc1cccc2c1CCCC2C(=O)O. The van der Waals surface area contributed by atoms with E-state index in [2.05, 4.69) is 0 Å². The Labute approximate surface area is 88.7 Å². The first kappa shape index (κ1) is 10.0. The van der Waals surface area contributed by atoms with Gasteiger partial charge in [0.05, 0.1) is 13.0 Å². The van der Waals surface area contributed by atoms with Crippen LogP contribution >= 0.6 is 0 Å². The van der Waals surface area contributed by atoms with Gasteiger partial charge in [0.15, 0.2) is 0 Å². The summed E-state index contributed by atoms with van der Waals surface area (Å²) in [6, 6.07) is 5.65. The lowest BCUT2D eigenvalue weighted by molar-refractivity contribution is -0.139. The van der Waals surface area contributed by atoms with Crippen LogP contribution in [0.15, 0.2) is 18.2 Å².